The fraction of sp³-hybridized carbons (Fsp3) is 0.105. The molecular formula is C19H17ClN2OS. The van der Waals surface area contributed by atoms with Crippen LogP contribution in [0.2, 0.25) is 5.02 Å². The minimum Gasteiger partial charge on any atom is -0.325 e. The van der Waals surface area contributed by atoms with Gasteiger partial charge in [-0.25, -0.2) is 0 Å². The van der Waals surface area contributed by atoms with E-state index in [1.54, 1.807) is 35.6 Å². The van der Waals surface area contributed by atoms with E-state index in [2.05, 4.69) is 28.8 Å². The summed E-state index contributed by atoms with van der Waals surface area (Å²) in [6.07, 6.45) is 0. The van der Waals surface area contributed by atoms with Gasteiger partial charge in [0.25, 0.3) is 0 Å². The average molecular weight is 357 g/mol. The molecule has 0 saturated carbocycles. The zero-order chi connectivity index (χ0) is 16.8. The molecule has 3 nitrogen and oxygen atoms in total. The highest BCUT2D eigenvalue weighted by molar-refractivity contribution is 7.10. The summed E-state index contributed by atoms with van der Waals surface area (Å²) in [6.45, 7) is 0.222. The van der Waals surface area contributed by atoms with Crippen molar-refractivity contribution in [3.63, 3.8) is 0 Å². The van der Waals surface area contributed by atoms with Crippen LogP contribution in [-0.4, -0.2) is 12.5 Å². The monoisotopic (exact) mass is 356 g/mol. The highest BCUT2D eigenvalue weighted by Crippen LogP contribution is 2.25. The van der Waals surface area contributed by atoms with E-state index in [4.69, 9.17) is 11.6 Å². The van der Waals surface area contributed by atoms with Crippen LogP contribution in [0.3, 0.4) is 0 Å². The van der Waals surface area contributed by atoms with E-state index >= 15 is 0 Å². The molecule has 2 N–H and O–H groups in total. The SMILES string of the molecule is O=C(CN[C@@H](c1ccccc1)c1cccs1)Nc1ccc(Cl)cc1. The number of carbonyl (C=O) groups excluding carboxylic acids is 1. The second-order valence-corrected chi connectivity index (χ2v) is 6.71. The summed E-state index contributed by atoms with van der Waals surface area (Å²) < 4.78 is 0. The van der Waals surface area contributed by atoms with Crippen LogP contribution in [-0.2, 0) is 4.79 Å². The van der Waals surface area contributed by atoms with Crippen LogP contribution in [0.1, 0.15) is 16.5 Å². The van der Waals surface area contributed by atoms with Crippen LogP contribution < -0.4 is 10.6 Å². The molecule has 0 spiro atoms. The molecule has 0 fully saturated rings. The number of nitrogens with one attached hydrogen (secondary N) is 2. The molecule has 1 amide bonds. The summed E-state index contributed by atoms with van der Waals surface area (Å²) in [5, 5.41) is 8.90. The van der Waals surface area contributed by atoms with Crippen LogP contribution in [0.25, 0.3) is 0 Å². The number of hydrogen-bond acceptors (Lipinski definition) is 3. The first kappa shape index (κ1) is 16.7. The van der Waals surface area contributed by atoms with E-state index in [9.17, 15) is 4.79 Å². The van der Waals surface area contributed by atoms with Crippen molar-refractivity contribution in [1.82, 2.24) is 5.32 Å². The molecule has 0 saturated heterocycles. The van der Waals surface area contributed by atoms with Crippen molar-refractivity contribution >= 4 is 34.5 Å². The van der Waals surface area contributed by atoms with E-state index < -0.39 is 0 Å². The van der Waals surface area contributed by atoms with Gasteiger partial charge in [0.15, 0.2) is 0 Å². The van der Waals surface area contributed by atoms with Crippen LogP contribution >= 0.6 is 22.9 Å². The third kappa shape index (κ3) is 4.45. The van der Waals surface area contributed by atoms with Crippen LogP contribution in [0.15, 0.2) is 72.1 Å². The quantitative estimate of drug-likeness (QED) is 0.671. The largest absolute Gasteiger partial charge is 0.325 e. The number of halogens is 1. The van der Waals surface area contributed by atoms with Gasteiger partial charge >= 0.3 is 0 Å². The van der Waals surface area contributed by atoms with E-state index in [0.29, 0.717) is 5.02 Å². The third-order valence-corrected chi connectivity index (χ3v) is 4.74. The minimum atomic E-state index is -0.0881. The lowest BCUT2D eigenvalue weighted by atomic mass is 10.1. The Balaban J connectivity index is 1.65. The van der Waals surface area contributed by atoms with Crippen molar-refractivity contribution in [3.8, 4) is 0 Å². The van der Waals surface area contributed by atoms with Crippen molar-refractivity contribution in [2.45, 2.75) is 6.04 Å². The van der Waals surface area contributed by atoms with Gasteiger partial charge in [-0.2, -0.15) is 0 Å². The van der Waals surface area contributed by atoms with Gasteiger partial charge in [0.05, 0.1) is 12.6 Å². The molecule has 24 heavy (non-hydrogen) atoms. The van der Waals surface area contributed by atoms with E-state index in [-0.39, 0.29) is 18.5 Å². The molecule has 2 aromatic carbocycles. The highest BCUT2D eigenvalue weighted by Gasteiger charge is 2.15. The molecule has 122 valence electrons. The van der Waals surface area contributed by atoms with Gasteiger partial charge in [0, 0.05) is 15.6 Å². The smallest absolute Gasteiger partial charge is 0.238 e. The van der Waals surface area contributed by atoms with Gasteiger partial charge in [0.2, 0.25) is 5.91 Å². The number of benzene rings is 2. The van der Waals surface area contributed by atoms with E-state index in [1.165, 1.54) is 4.88 Å². The second-order valence-electron chi connectivity index (χ2n) is 5.30. The Hall–Kier alpha value is -2.14. The van der Waals surface area contributed by atoms with E-state index in [1.807, 2.05) is 29.6 Å². The number of amides is 1. The first-order valence-corrected chi connectivity index (χ1v) is 8.85. The fourth-order valence-electron chi connectivity index (χ4n) is 2.42. The van der Waals surface area contributed by atoms with Gasteiger partial charge in [-0.05, 0) is 41.3 Å². The van der Waals surface area contributed by atoms with Crippen molar-refractivity contribution in [1.29, 1.82) is 0 Å². The second kappa shape index (κ2) is 8.11. The third-order valence-electron chi connectivity index (χ3n) is 3.56. The zero-order valence-electron chi connectivity index (χ0n) is 12.9. The molecular weight excluding hydrogens is 340 g/mol. The Morgan fingerprint density at radius 3 is 2.42 bits per heavy atom. The minimum absolute atomic E-state index is 0.00201. The Labute approximate surface area is 150 Å². The predicted octanol–water partition coefficient (Wildman–Crippen LogP) is 4.72. The average Bonchev–Trinajstić information content (AvgIpc) is 3.12. The van der Waals surface area contributed by atoms with Gasteiger partial charge in [-0.3, -0.25) is 10.1 Å². The summed E-state index contributed by atoms with van der Waals surface area (Å²) in [5.74, 6) is -0.0881. The number of hydrogen-bond donors (Lipinski definition) is 2. The topological polar surface area (TPSA) is 41.1 Å². The van der Waals surface area contributed by atoms with Crippen molar-refractivity contribution < 1.29 is 4.79 Å². The lowest BCUT2D eigenvalue weighted by Crippen LogP contribution is -2.31. The van der Waals surface area contributed by atoms with Gasteiger partial charge in [-0.15, -0.1) is 11.3 Å². The summed E-state index contributed by atoms with van der Waals surface area (Å²) in [6, 6.07) is 21.3. The van der Waals surface area contributed by atoms with Crippen LogP contribution in [0.4, 0.5) is 5.69 Å². The van der Waals surface area contributed by atoms with Gasteiger partial charge in [0.1, 0.15) is 0 Å². The Morgan fingerprint density at radius 1 is 1.00 bits per heavy atom. The normalized spacial score (nSPS) is 11.9. The van der Waals surface area contributed by atoms with Crippen molar-refractivity contribution in [2.24, 2.45) is 0 Å². The maximum Gasteiger partial charge on any atom is 0.238 e. The Kier molecular flexibility index (Phi) is 5.64. The van der Waals surface area contributed by atoms with Crippen molar-refractivity contribution in [3.05, 3.63) is 87.6 Å². The Morgan fingerprint density at radius 2 is 1.75 bits per heavy atom. The Bertz CT molecular complexity index is 773. The van der Waals surface area contributed by atoms with Crippen molar-refractivity contribution in [2.75, 3.05) is 11.9 Å². The lowest BCUT2D eigenvalue weighted by Gasteiger charge is -2.18. The maximum atomic E-state index is 12.2. The molecule has 1 atom stereocenters. The maximum absolute atomic E-state index is 12.2. The first-order chi connectivity index (χ1) is 11.7. The van der Waals surface area contributed by atoms with Crippen LogP contribution in [0, 0.1) is 0 Å². The summed E-state index contributed by atoms with van der Waals surface area (Å²) in [5.41, 5.74) is 1.87. The number of thiophene rings is 1. The molecule has 5 heteroatoms. The van der Waals surface area contributed by atoms with Gasteiger partial charge < -0.3 is 5.32 Å². The zero-order valence-corrected chi connectivity index (χ0v) is 14.5. The molecule has 0 radical (unpaired) electrons. The molecule has 3 aromatic rings. The summed E-state index contributed by atoms with van der Waals surface area (Å²) in [7, 11) is 0. The molecule has 3 rings (SSSR count). The fourth-order valence-corrected chi connectivity index (χ4v) is 3.37. The molecule has 0 bridgehead atoms. The summed E-state index contributed by atoms with van der Waals surface area (Å²) >= 11 is 7.53. The van der Waals surface area contributed by atoms with Crippen LogP contribution in [0.5, 0.6) is 0 Å². The van der Waals surface area contributed by atoms with E-state index in [0.717, 1.165) is 11.3 Å². The number of rotatable bonds is 6. The molecule has 0 aliphatic heterocycles. The summed E-state index contributed by atoms with van der Waals surface area (Å²) in [4.78, 5) is 13.4. The molecule has 1 aromatic heterocycles. The lowest BCUT2D eigenvalue weighted by molar-refractivity contribution is -0.115. The number of anilines is 1. The standard InChI is InChI=1S/C19H17ClN2OS/c20-15-8-10-16(11-9-15)22-18(23)13-21-19(17-7-4-12-24-17)14-5-2-1-3-6-14/h1-12,19,21H,13H2,(H,22,23)/t19-/m0/s1. The highest BCUT2D eigenvalue weighted by atomic mass is 35.5. The molecule has 0 aliphatic carbocycles. The molecule has 0 unspecified atom stereocenters. The predicted molar refractivity (Wildman–Crippen MR) is 101 cm³/mol. The first-order valence-electron chi connectivity index (χ1n) is 7.59. The number of carbonyl (C=O) groups is 1. The van der Waals surface area contributed by atoms with Gasteiger partial charge in [-0.1, -0.05) is 48.0 Å². The molecule has 1 heterocycles. The molecule has 0 aliphatic rings.